The molecule has 0 spiro atoms. The number of hydrogen-bond donors (Lipinski definition) is 1. The highest BCUT2D eigenvalue weighted by Gasteiger charge is 2.25. The van der Waals surface area contributed by atoms with Gasteiger partial charge in [-0.1, -0.05) is 37.1 Å². The molecule has 9 heteroatoms. The number of nitrogens with one attached hydrogen (secondary N) is 1. The van der Waals surface area contributed by atoms with Crippen molar-refractivity contribution in [2.24, 2.45) is 0 Å². The Kier molecular flexibility index (Phi) is 7.81. The van der Waals surface area contributed by atoms with E-state index in [0.29, 0.717) is 47.0 Å². The quantitative estimate of drug-likeness (QED) is 0.234. The van der Waals surface area contributed by atoms with E-state index in [1.807, 2.05) is 12.1 Å². The van der Waals surface area contributed by atoms with Gasteiger partial charge in [-0.25, -0.2) is 9.37 Å². The van der Waals surface area contributed by atoms with Crippen LogP contribution in [0.25, 0.3) is 22.2 Å². The summed E-state index contributed by atoms with van der Waals surface area (Å²) in [6.07, 6.45) is 4.13. The fourth-order valence-electron chi connectivity index (χ4n) is 4.79. The molecular weight excluding hydrogens is 573 g/mol. The van der Waals surface area contributed by atoms with Crippen LogP contribution in [0.1, 0.15) is 47.3 Å². The number of amides is 1. The van der Waals surface area contributed by atoms with E-state index in [0.717, 1.165) is 40.4 Å². The smallest absolute Gasteiger partial charge is 0.251 e. The van der Waals surface area contributed by atoms with Gasteiger partial charge in [0.05, 0.1) is 18.7 Å². The monoisotopic (exact) mass is 597 g/mol. The summed E-state index contributed by atoms with van der Waals surface area (Å²) in [5.74, 6) is 0.391. The van der Waals surface area contributed by atoms with Crippen LogP contribution in [-0.2, 0) is 6.42 Å². The van der Waals surface area contributed by atoms with Gasteiger partial charge in [0.1, 0.15) is 28.5 Å². The molecule has 196 valence electrons. The molecule has 2 aromatic heterocycles. The van der Waals surface area contributed by atoms with E-state index < -0.39 is 5.82 Å². The van der Waals surface area contributed by atoms with Gasteiger partial charge in [0, 0.05) is 57.3 Å². The van der Waals surface area contributed by atoms with E-state index in [-0.39, 0.29) is 16.8 Å². The molecule has 2 aromatic carbocycles. The molecule has 0 fully saturated rings. The average molecular weight is 599 g/mol. The van der Waals surface area contributed by atoms with Crippen LogP contribution >= 0.6 is 27.5 Å². The lowest BCUT2D eigenvalue weighted by Crippen LogP contribution is -2.29. The minimum Gasteiger partial charge on any atom is -0.494 e. The molecule has 0 saturated heterocycles. The molecule has 0 saturated carbocycles. The Bertz CT molecular complexity index is 1530. The third-order valence-electron chi connectivity index (χ3n) is 6.66. The summed E-state index contributed by atoms with van der Waals surface area (Å²) in [5.41, 5.74) is 4.01. The van der Waals surface area contributed by atoms with E-state index in [1.165, 1.54) is 6.07 Å². The molecule has 1 amide bonds. The largest absolute Gasteiger partial charge is 0.494 e. The first-order chi connectivity index (χ1) is 18.4. The zero-order valence-corrected chi connectivity index (χ0v) is 23.3. The molecule has 1 unspecified atom stereocenters. The van der Waals surface area contributed by atoms with Crippen molar-refractivity contribution in [3.8, 4) is 22.8 Å². The van der Waals surface area contributed by atoms with Crippen molar-refractivity contribution < 1.29 is 18.7 Å². The van der Waals surface area contributed by atoms with Crippen LogP contribution < -0.4 is 14.8 Å². The Hall–Kier alpha value is -3.23. The van der Waals surface area contributed by atoms with Crippen LogP contribution in [0.2, 0.25) is 5.02 Å². The number of pyridine rings is 2. The minimum atomic E-state index is -0.506. The molecule has 1 aliphatic rings. The fraction of sp³-hybridized carbons (Fsp3) is 0.276. The Morgan fingerprint density at radius 2 is 2.13 bits per heavy atom. The average Bonchev–Trinajstić information content (AvgIpc) is 3.40. The van der Waals surface area contributed by atoms with Gasteiger partial charge in [-0.15, -0.1) is 0 Å². The zero-order valence-electron chi connectivity index (χ0n) is 21.0. The predicted octanol–water partition coefficient (Wildman–Crippen LogP) is 7.11. The standard InChI is InChI=1S/C29H26BrClFN3O3/c1-3-5-17(14-34-29(36)19-10-18-11-20(30)15-33-26(18)24(13-19)37-2)23-12-16-8-9-38-28(16)27(35-23)21-6-4-7-22(32)25(21)31/h4,6-7,10-13,15,17H,3,5,8-9,14H2,1-2H3,(H,34,36). The minimum absolute atomic E-state index is 0.0153. The van der Waals surface area contributed by atoms with Gasteiger partial charge in [0.15, 0.2) is 0 Å². The maximum atomic E-state index is 14.3. The van der Waals surface area contributed by atoms with Gasteiger partial charge in [0.25, 0.3) is 5.91 Å². The third-order valence-corrected chi connectivity index (χ3v) is 7.47. The molecule has 0 aliphatic carbocycles. The van der Waals surface area contributed by atoms with Crippen molar-refractivity contribution in [1.29, 1.82) is 0 Å². The lowest BCUT2D eigenvalue weighted by Gasteiger charge is -2.20. The van der Waals surface area contributed by atoms with Crippen LogP contribution in [0.4, 0.5) is 4.39 Å². The second kappa shape index (κ2) is 11.3. The van der Waals surface area contributed by atoms with Gasteiger partial charge in [-0.2, -0.15) is 0 Å². The van der Waals surface area contributed by atoms with E-state index in [9.17, 15) is 9.18 Å². The highest BCUT2D eigenvalue weighted by Crippen LogP contribution is 2.41. The van der Waals surface area contributed by atoms with Crippen molar-refractivity contribution in [2.45, 2.75) is 32.1 Å². The van der Waals surface area contributed by atoms with Crippen molar-refractivity contribution in [3.05, 3.63) is 80.8 Å². The number of halogens is 3. The maximum Gasteiger partial charge on any atom is 0.251 e. The highest BCUT2D eigenvalue weighted by molar-refractivity contribution is 9.10. The molecule has 3 heterocycles. The van der Waals surface area contributed by atoms with Crippen molar-refractivity contribution in [1.82, 2.24) is 15.3 Å². The van der Waals surface area contributed by atoms with E-state index in [2.05, 4.69) is 33.2 Å². The van der Waals surface area contributed by atoms with E-state index in [1.54, 1.807) is 37.6 Å². The number of methoxy groups -OCH3 is 1. The summed E-state index contributed by atoms with van der Waals surface area (Å²) in [6, 6.07) is 12.1. The number of aromatic nitrogens is 2. The molecule has 5 rings (SSSR count). The molecule has 0 radical (unpaired) electrons. The number of hydrogen-bond acceptors (Lipinski definition) is 5. The third kappa shape index (κ3) is 5.20. The van der Waals surface area contributed by atoms with Crippen LogP contribution in [0, 0.1) is 5.82 Å². The Morgan fingerprint density at radius 3 is 2.92 bits per heavy atom. The van der Waals surface area contributed by atoms with Gasteiger partial charge in [0.2, 0.25) is 0 Å². The van der Waals surface area contributed by atoms with Crippen LogP contribution in [0.5, 0.6) is 11.5 Å². The first-order valence-electron chi connectivity index (χ1n) is 12.4. The molecule has 1 N–H and O–H groups in total. The fourth-order valence-corrected chi connectivity index (χ4v) is 5.36. The van der Waals surface area contributed by atoms with E-state index in [4.69, 9.17) is 26.1 Å². The summed E-state index contributed by atoms with van der Waals surface area (Å²) < 4.78 is 26.4. The Balaban J connectivity index is 1.45. The number of benzene rings is 2. The maximum absolute atomic E-state index is 14.3. The molecule has 1 atom stereocenters. The number of carbonyl (C=O) groups excluding carboxylic acids is 1. The van der Waals surface area contributed by atoms with Crippen LogP contribution in [-0.4, -0.2) is 36.1 Å². The lowest BCUT2D eigenvalue weighted by molar-refractivity contribution is 0.0950. The number of nitrogens with zero attached hydrogens (tertiary/aromatic N) is 2. The van der Waals surface area contributed by atoms with Gasteiger partial charge >= 0.3 is 0 Å². The first-order valence-corrected chi connectivity index (χ1v) is 13.6. The van der Waals surface area contributed by atoms with Crippen LogP contribution in [0.15, 0.2) is 53.1 Å². The Labute approximate surface area is 233 Å². The van der Waals surface area contributed by atoms with Crippen molar-refractivity contribution in [2.75, 3.05) is 20.3 Å². The second-order valence-corrected chi connectivity index (χ2v) is 10.5. The van der Waals surface area contributed by atoms with Crippen LogP contribution in [0.3, 0.4) is 0 Å². The highest BCUT2D eigenvalue weighted by atomic mass is 79.9. The van der Waals surface area contributed by atoms with Gasteiger partial charge in [-0.3, -0.25) is 9.78 Å². The summed E-state index contributed by atoms with van der Waals surface area (Å²) in [6.45, 7) is 3.01. The summed E-state index contributed by atoms with van der Waals surface area (Å²) >= 11 is 9.76. The van der Waals surface area contributed by atoms with Gasteiger partial charge < -0.3 is 14.8 Å². The summed E-state index contributed by atoms with van der Waals surface area (Å²) in [5, 5.41) is 3.89. The van der Waals surface area contributed by atoms with Crippen molar-refractivity contribution >= 4 is 44.3 Å². The van der Waals surface area contributed by atoms with Gasteiger partial charge in [-0.05, 0) is 52.7 Å². The summed E-state index contributed by atoms with van der Waals surface area (Å²) in [7, 11) is 1.56. The molecule has 38 heavy (non-hydrogen) atoms. The molecule has 1 aliphatic heterocycles. The normalized spacial score (nSPS) is 13.2. The predicted molar refractivity (Wildman–Crippen MR) is 150 cm³/mol. The number of fused-ring (bicyclic) bond motifs is 2. The number of carbonyl (C=O) groups is 1. The Morgan fingerprint density at radius 1 is 1.29 bits per heavy atom. The second-order valence-electron chi connectivity index (χ2n) is 9.18. The topological polar surface area (TPSA) is 73.3 Å². The SMILES string of the molecule is CCCC(CNC(=O)c1cc(OC)c2ncc(Br)cc2c1)c1cc2c(c(-c3cccc(F)c3Cl)n1)OCC2. The molecule has 6 nitrogen and oxygen atoms in total. The summed E-state index contributed by atoms with van der Waals surface area (Å²) in [4.78, 5) is 22.6. The van der Waals surface area contributed by atoms with E-state index >= 15 is 0 Å². The zero-order chi connectivity index (χ0) is 26.8. The first kappa shape index (κ1) is 26.4. The molecule has 4 aromatic rings. The molecule has 0 bridgehead atoms. The van der Waals surface area contributed by atoms with Crippen molar-refractivity contribution in [3.63, 3.8) is 0 Å². The lowest BCUT2D eigenvalue weighted by atomic mass is 9.95. The number of ether oxygens (including phenoxy) is 2. The number of rotatable bonds is 8. The molecular formula is C29H26BrClFN3O3.